The molecule has 22 rings (SSSR count). The maximum absolute atomic E-state index is 13.1. The predicted molar refractivity (Wildman–Crippen MR) is 574 cm³/mol. The first kappa shape index (κ1) is 115. The molecule has 0 fully saturated rings. The van der Waals surface area contributed by atoms with Gasteiger partial charge in [0.25, 0.3) is 0 Å². The molecule has 0 unspecified atom stereocenters. The summed E-state index contributed by atoms with van der Waals surface area (Å²) in [5, 5.41) is 2.50. The molecule has 1 aliphatic rings. The van der Waals surface area contributed by atoms with Crippen LogP contribution in [-0.4, -0.2) is 48.8 Å². The molecular weight excluding hydrogens is 2010 g/mol. The van der Waals surface area contributed by atoms with Crippen LogP contribution in [0.15, 0.2) is 462 Å². The molecular formula is C131H98FN9Ni5+. The van der Waals surface area contributed by atoms with E-state index in [0.717, 1.165) is 145 Å². The Morgan fingerprint density at radius 2 is 0.568 bits per heavy atom. The van der Waals surface area contributed by atoms with E-state index in [9.17, 15) is 4.39 Å². The van der Waals surface area contributed by atoms with Crippen molar-refractivity contribution in [2.75, 3.05) is 14.1 Å². The van der Waals surface area contributed by atoms with Crippen LogP contribution >= 0.6 is 0 Å². The van der Waals surface area contributed by atoms with E-state index >= 15 is 0 Å². The van der Waals surface area contributed by atoms with E-state index in [0.29, 0.717) is 5.69 Å². The molecule has 1 aliphatic heterocycles. The van der Waals surface area contributed by atoms with Crippen molar-refractivity contribution in [1.82, 2.24) is 39.7 Å². The molecule has 6 aromatic heterocycles. The predicted octanol–water partition coefficient (Wildman–Crippen LogP) is 31.0. The number of para-hydroxylation sites is 3. The van der Waals surface area contributed by atoms with Crippen LogP contribution in [-0.2, 0) is 87.9 Å². The zero-order valence-corrected chi connectivity index (χ0v) is 85.9. The van der Waals surface area contributed by atoms with Gasteiger partial charge >= 0.3 is 82.5 Å². The van der Waals surface area contributed by atoms with E-state index in [1.54, 1.807) is 36.9 Å². The van der Waals surface area contributed by atoms with Gasteiger partial charge < -0.3 is 27.6 Å². The maximum Gasteiger partial charge on any atom is 3.00 e. The zero-order chi connectivity index (χ0) is 98.4. The third kappa shape index (κ3) is 36.3. The minimum Gasteiger partial charge on any atom is -0.657 e. The van der Waals surface area contributed by atoms with Gasteiger partial charge in [-0.15, -0.1) is 165 Å². The zero-order valence-electron chi connectivity index (χ0n) is 80.9. The third-order valence-corrected chi connectivity index (χ3v) is 21.3. The van der Waals surface area contributed by atoms with Gasteiger partial charge in [0.1, 0.15) is 0 Å². The number of aryl methyl sites for hydroxylation is 2. The van der Waals surface area contributed by atoms with Crippen LogP contribution in [0, 0.1) is 118 Å². The second kappa shape index (κ2) is 61.9. The van der Waals surface area contributed by atoms with Crippen molar-refractivity contribution in [2.24, 2.45) is 0 Å². The van der Waals surface area contributed by atoms with Gasteiger partial charge in [0.2, 0.25) is 5.95 Å². The molecule has 15 heteroatoms. The number of fused-ring (bicyclic) bond motifs is 3. The van der Waals surface area contributed by atoms with Crippen molar-refractivity contribution in [2.45, 2.75) is 40.0 Å². The molecule has 0 spiro atoms. The van der Waals surface area contributed by atoms with Crippen LogP contribution in [0.3, 0.4) is 0 Å². The minimum atomic E-state index is -0.484. The minimum absolute atomic E-state index is 0. The average molecular weight is 2110 g/mol. The molecule has 0 saturated heterocycles. The summed E-state index contributed by atoms with van der Waals surface area (Å²) in [6.07, 6.45) is 24.8. The Morgan fingerprint density at radius 1 is 0.301 bits per heavy atom. The first-order chi connectivity index (χ1) is 69.0. The van der Waals surface area contributed by atoms with Crippen LogP contribution in [0.5, 0.6) is 0 Å². The Bertz CT molecular complexity index is 6790. The van der Waals surface area contributed by atoms with Gasteiger partial charge in [0.05, 0.1) is 6.57 Å². The second-order valence-electron chi connectivity index (χ2n) is 32.7. The van der Waals surface area contributed by atoms with Gasteiger partial charge in [-0.05, 0) is 104 Å². The van der Waals surface area contributed by atoms with E-state index in [-0.39, 0.29) is 87.9 Å². The molecule has 0 bridgehead atoms. The number of benzene rings is 15. The number of nitrogens with zero attached hydrogens (tertiary/aromatic N) is 9. The van der Waals surface area contributed by atoms with Gasteiger partial charge in [-0.3, -0.25) is 36.8 Å². The Labute approximate surface area is 911 Å². The number of pyridine rings is 5. The summed E-state index contributed by atoms with van der Waals surface area (Å²) in [6, 6.07) is 170. The topological polar surface area (TPSA) is 89.4 Å². The molecule has 0 N–H and O–H groups in total. The number of hydrogen-bond acceptors (Lipinski definition) is 7. The van der Waals surface area contributed by atoms with Crippen LogP contribution in [0.1, 0.15) is 48.6 Å². The molecule has 5 radical (unpaired) electrons. The number of rotatable bonds is 10. The van der Waals surface area contributed by atoms with E-state index in [2.05, 4.69) is 177 Å². The molecule has 7 heterocycles. The maximum atomic E-state index is 13.1. The van der Waals surface area contributed by atoms with Gasteiger partial charge in [0, 0.05) is 53.3 Å². The summed E-state index contributed by atoms with van der Waals surface area (Å²) in [5.74, 6) is 4.15. The Hall–Kier alpha value is -15.8. The van der Waals surface area contributed by atoms with Crippen molar-refractivity contribution in [1.29, 1.82) is 0 Å². The Morgan fingerprint density at radius 3 is 0.829 bits per heavy atom. The van der Waals surface area contributed by atoms with Crippen LogP contribution in [0.2, 0.25) is 0 Å². The molecule has 723 valence electrons. The van der Waals surface area contributed by atoms with E-state index < -0.39 is 5.95 Å². The summed E-state index contributed by atoms with van der Waals surface area (Å²) < 4.78 is 13.1. The van der Waals surface area contributed by atoms with Gasteiger partial charge in [-0.25, -0.2) is 32.7 Å². The Kier molecular flexibility index (Phi) is 49.0. The normalized spacial score (nSPS) is 10.2. The van der Waals surface area contributed by atoms with E-state index in [4.69, 9.17) is 19.4 Å². The van der Waals surface area contributed by atoms with E-state index in [1.807, 2.05) is 415 Å². The summed E-state index contributed by atoms with van der Waals surface area (Å²) in [7, 11) is 4.00. The van der Waals surface area contributed by atoms with Gasteiger partial charge in [-0.2, -0.15) is 221 Å². The number of aromatic nitrogens is 6. The SMILES string of the molecule is CN1C=CN(C)[CH-]1.Fc1cccc(-c2[c-]c(-c3[c-]cccc3)ccc2)n1.[C-]#Cc1ccc(C(C)(C)C)cc1.[C-]#Cc1ccccc1.[C-]#[N+]c1c(C)cccc1C.[Ni+3].[Ni+3].[Ni+3].[Ni+3].[Ni+3].[c-]1ccccc1-c1[c-]c(-c2ccccn2)ccc1.[c-]1ccccc1-c1[c-]c(-c2ccccn2)ccc1.[c-]1ccccc1-c1[c-]c(-c2ccccn2)ccc1.[c-]1ccccc1-c1[c-]c(-c2ccccn2)ccc1.c1ccc2c(c1)[n-]c1ccccc12. The molecule has 0 aliphatic carbocycles. The first-order valence-electron chi connectivity index (χ1n) is 45.6. The second-order valence-corrected chi connectivity index (χ2v) is 32.7. The van der Waals surface area contributed by atoms with Gasteiger partial charge in [-0.1, -0.05) is 178 Å². The monoisotopic (exact) mass is 2110 g/mol. The molecule has 0 saturated carbocycles. The largest absolute Gasteiger partial charge is 3.00 e. The number of hydrogen-bond donors (Lipinski definition) is 0. The van der Waals surface area contributed by atoms with Crippen molar-refractivity contribution in [3.05, 3.63) is 587 Å². The van der Waals surface area contributed by atoms with Crippen LogP contribution in [0.4, 0.5) is 10.1 Å². The molecule has 21 aromatic rings. The standard InChI is InChI=1S/C17H10FN.4C17H11N.C12H8N.C12H13.C9H9N.C8H5.C5H9N2.5Ni/c18-17-11-5-10-16(19-17)15-9-4-8-14(12-15)13-6-2-1-3-7-13;4*1-2-7-14(8-3-1)15-9-6-10-16(13-15)17-11-4-5-12-18-17;1-3-7-11-9(5-1)10-6-2-4-8-12(10)13-11;1-5-10-6-8-11(9-7-10)12(2,3)4;1-7-5-4-6-8(2)9(7)10-3;1-2-8-6-4-3-5-7-8;1-6-3-4-7(2)5-6;;;;;/h1-6,8-11H;4*1-7,9-12H;1-8H;6-9H,2-4H3;4-6H,1-2H3;3-7H;3-5H,1-2H3;;;;;/q5*-2;2*-1;;2*-1;5*+3. The van der Waals surface area contributed by atoms with Crippen LogP contribution in [0.25, 0.3) is 139 Å². The van der Waals surface area contributed by atoms with Crippen molar-refractivity contribution in [3.8, 4) is 124 Å². The molecule has 0 atom stereocenters. The van der Waals surface area contributed by atoms with Crippen molar-refractivity contribution in [3.63, 3.8) is 0 Å². The molecule has 9 nitrogen and oxygen atoms in total. The first-order valence-corrected chi connectivity index (χ1v) is 45.6. The molecule has 15 aromatic carbocycles. The smallest absolute Gasteiger partial charge is 0.657 e. The van der Waals surface area contributed by atoms with Crippen molar-refractivity contribution < 1.29 is 86.8 Å². The van der Waals surface area contributed by atoms with Crippen LogP contribution < -0.4 is 4.98 Å². The Balaban J connectivity index is 0.000000200. The number of halogens is 1. The fraction of sp³-hybridized carbons (Fsp3) is 0.0611. The quantitative estimate of drug-likeness (QED) is 0.0579. The van der Waals surface area contributed by atoms with Gasteiger partial charge in [0.15, 0.2) is 5.69 Å². The summed E-state index contributed by atoms with van der Waals surface area (Å²) in [5.41, 5.74) is 27.6. The summed E-state index contributed by atoms with van der Waals surface area (Å²) in [4.78, 5) is 33.2. The van der Waals surface area contributed by atoms with E-state index in [1.165, 1.54) is 22.4 Å². The third-order valence-electron chi connectivity index (χ3n) is 21.3. The summed E-state index contributed by atoms with van der Waals surface area (Å²) >= 11 is 0. The fourth-order valence-electron chi connectivity index (χ4n) is 14.2. The fourth-order valence-corrected chi connectivity index (χ4v) is 14.2. The van der Waals surface area contributed by atoms with Crippen molar-refractivity contribution >= 4 is 27.5 Å². The molecule has 146 heavy (non-hydrogen) atoms. The average Bonchev–Trinajstić information content (AvgIpc) is 1.65. The summed E-state index contributed by atoms with van der Waals surface area (Å²) in [6.45, 7) is 19.3. The molecule has 0 amide bonds.